The van der Waals surface area contributed by atoms with Gasteiger partial charge in [-0.2, -0.15) is 0 Å². The van der Waals surface area contributed by atoms with Gasteiger partial charge in [-0.1, -0.05) is 127 Å². The molecule has 0 amide bonds. The Morgan fingerprint density at radius 1 is 0.610 bits per heavy atom. The van der Waals surface area contributed by atoms with Crippen LogP contribution >= 0.6 is 11.3 Å². The third kappa shape index (κ3) is 5.01. The minimum Gasteiger partial charge on any atom is -0.456 e. The van der Waals surface area contributed by atoms with Gasteiger partial charge in [0.15, 0.2) is 5.82 Å². The van der Waals surface area contributed by atoms with Crippen LogP contribution < -0.4 is 10.6 Å². The highest BCUT2D eigenvalue weighted by atomic mass is 32.1. The normalized spacial score (nSPS) is 15.4. The first-order chi connectivity index (χ1) is 29.2. The van der Waals surface area contributed by atoms with Gasteiger partial charge in [0.2, 0.25) is 0 Å². The van der Waals surface area contributed by atoms with Crippen LogP contribution in [0.25, 0.3) is 115 Å². The molecule has 0 N–H and O–H groups in total. The molecule has 7 aromatic carbocycles. The number of nitrogens with zero attached hydrogens (tertiary/aromatic N) is 3. The molecule has 0 aliphatic heterocycles. The van der Waals surface area contributed by atoms with Gasteiger partial charge in [0, 0.05) is 42.6 Å². The Hall–Kier alpha value is -7.08. The summed E-state index contributed by atoms with van der Waals surface area (Å²) in [7, 11) is 0. The molecule has 4 aromatic heterocycles. The molecule has 0 saturated heterocycles. The van der Waals surface area contributed by atoms with Gasteiger partial charge in [0.1, 0.15) is 11.0 Å². The Morgan fingerprint density at radius 3 is 2.05 bits per heavy atom. The molecule has 0 spiro atoms. The molecule has 59 heavy (non-hydrogen) atoms. The number of allylic oxidation sites excluding steroid dienone is 4. The van der Waals surface area contributed by atoms with Crippen LogP contribution in [0.5, 0.6) is 0 Å². The Labute approximate surface area is 343 Å². The van der Waals surface area contributed by atoms with Crippen molar-refractivity contribution in [3.8, 4) is 22.6 Å². The molecular weight excluding hydrogens is 739 g/mol. The van der Waals surface area contributed by atoms with Gasteiger partial charge in [-0.15, -0.1) is 11.3 Å². The van der Waals surface area contributed by atoms with Gasteiger partial charge < -0.3 is 8.98 Å². The Balaban J connectivity index is 0.960. The molecule has 13 rings (SSSR count). The van der Waals surface area contributed by atoms with E-state index < -0.39 is 0 Å². The fraction of sp³-hybridized carbons (Fsp3) is 0.0741. The van der Waals surface area contributed by atoms with E-state index in [1.54, 1.807) is 11.3 Å². The van der Waals surface area contributed by atoms with Crippen LogP contribution in [-0.2, 0) is 0 Å². The fourth-order valence-electron chi connectivity index (χ4n) is 9.76. The number of hydrogen-bond donors (Lipinski definition) is 0. The summed E-state index contributed by atoms with van der Waals surface area (Å²) in [6.07, 6.45) is 14.5. The van der Waals surface area contributed by atoms with Crippen LogP contribution in [-0.4, -0.2) is 14.5 Å². The summed E-state index contributed by atoms with van der Waals surface area (Å²) in [5.41, 5.74) is 10.8. The van der Waals surface area contributed by atoms with Crippen LogP contribution in [0.3, 0.4) is 0 Å². The van der Waals surface area contributed by atoms with E-state index in [2.05, 4.69) is 174 Å². The van der Waals surface area contributed by atoms with Crippen molar-refractivity contribution in [2.24, 2.45) is 0 Å². The number of furan rings is 1. The van der Waals surface area contributed by atoms with Crippen LogP contribution in [0.15, 0.2) is 162 Å². The largest absolute Gasteiger partial charge is 0.456 e. The SMILES string of the molecule is C1=CC(c2ccc(-c3nc(-c4ccc5c6c(oc5c4)=CCC(n4c5ccc7ccccc7c5c5c7ccccc7ccc54)C=6)nc4c3sc3ccccc34)cc2)=CCC1. The summed E-state index contributed by atoms with van der Waals surface area (Å²) in [5, 5.41) is 11.1. The molecule has 0 saturated carbocycles. The molecule has 1 atom stereocenters. The molecule has 4 nitrogen and oxygen atoms in total. The molecule has 4 heterocycles. The first-order valence-electron chi connectivity index (χ1n) is 20.5. The number of benzene rings is 7. The second kappa shape index (κ2) is 12.7. The lowest BCUT2D eigenvalue weighted by molar-refractivity contribution is 0.564. The van der Waals surface area contributed by atoms with Crippen molar-refractivity contribution in [2.75, 3.05) is 0 Å². The molecule has 2 aliphatic rings. The van der Waals surface area contributed by atoms with Crippen LogP contribution in [0.1, 0.15) is 30.9 Å². The van der Waals surface area contributed by atoms with Crippen molar-refractivity contribution in [2.45, 2.75) is 25.3 Å². The van der Waals surface area contributed by atoms with E-state index in [-0.39, 0.29) is 6.04 Å². The summed E-state index contributed by atoms with van der Waals surface area (Å²) < 4.78 is 11.6. The average Bonchev–Trinajstić information content (AvgIpc) is 3.98. The highest BCUT2D eigenvalue weighted by Crippen LogP contribution is 2.43. The summed E-state index contributed by atoms with van der Waals surface area (Å²) in [6, 6.07) is 50.8. The predicted molar refractivity (Wildman–Crippen MR) is 248 cm³/mol. The zero-order valence-electron chi connectivity index (χ0n) is 32.0. The smallest absolute Gasteiger partial charge is 0.160 e. The molecule has 5 heteroatoms. The molecule has 278 valence electrons. The summed E-state index contributed by atoms with van der Waals surface area (Å²) in [5.74, 6) is 0.699. The van der Waals surface area contributed by atoms with Gasteiger partial charge in [-0.25, -0.2) is 9.97 Å². The maximum absolute atomic E-state index is 6.68. The van der Waals surface area contributed by atoms with E-state index in [1.807, 2.05) is 0 Å². The second-order valence-electron chi connectivity index (χ2n) is 15.9. The maximum atomic E-state index is 6.68. The van der Waals surface area contributed by atoms with Gasteiger partial charge in [-0.3, -0.25) is 0 Å². The molecule has 0 fully saturated rings. The molecule has 1 unspecified atom stereocenters. The van der Waals surface area contributed by atoms with Crippen molar-refractivity contribution in [1.82, 2.24) is 14.5 Å². The number of fused-ring (bicyclic) bond motifs is 13. The Morgan fingerprint density at radius 2 is 1.31 bits per heavy atom. The van der Waals surface area contributed by atoms with Gasteiger partial charge in [-0.05, 0) is 94.4 Å². The van der Waals surface area contributed by atoms with E-state index >= 15 is 0 Å². The summed E-state index contributed by atoms with van der Waals surface area (Å²) in [4.78, 5) is 10.6. The minimum atomic E-state index is 0.113. The monoisotopic (exact) mass is 773 g/mol. The minimum absolute atomic E-state index is 0.113. The third-order valence-electron chi connectivity index (χ3n) is 12.5. The highest BCUT2D eigenvalue weighted by Gasteiger charge is 2.23. The standard InChI is InChI=1S/C54H35N3OS/c1-2-10-32(11-3-1)33-18-20-36(21-19-33)51-53-52(42-16-8-9-17-48(42)59-53)56-54(55-51)37-22-26-41-43-31-38(25-29-46(43)58-47(41)30-37)57-44-27-23-34-12-4-6-14-39(34)49(44)50-40-15-7-5-13-35(40)24-28-45(50)57/h2,4-24,26-31,38H,1,3,25H2. The molecular formula is C54H35N3OS. The topological polar surface area (TPSA) is 43.9 Å². The predicted octanol–water partition coefficient (Wildman–Crippen LogP) is 13.3. The number of thiophene rings is 1. The zero-order chi connectivity index (χ0) is 38.6. The number of aromatic nitrogens is 3. The molecule has 11 aromatic rings. The van der Waals surface area contributed by atoms with E-state index in [0.717, 1.165) is 73.3 Å². The van der Waals surface area contributed by atoms with E-state index in [9.17, 15) is 0 Å². The van der Waals surface area contributed by atoms with Crippen molar-refractivity contribution < 1.29 is 4.42 Å². The Kier molecular flexibility index (Phi) is 7.10. The molecule has 2 aliphatic carbocycles. The Bertz CT molecular complexity index is 3670. The van der Waals surface area contributed by atoms with Gasteiger partial charge in [0.05, 0.1) is 33.0 Å². The average molecular weight is 774 g/mol. The van der Waals surface area contributed by atoms with Crippen molar-refractivity contribution >= 4 is 104 Å². The van der Waals surface area contributed by atoms with E-state index in [4.69, 9.17) is 14.4 Å². The summed E-state index contributed by atoms with van der Waals surface area (Å²) in [6.45, 7) is 0. The lowest BCUT2D eigenvalue weighted by Gasteiger charge is -2.18. The lowest BCUT2D eigenvalue weighted by atomic mass is 9.98. The van der Waals surface area contributed by atoms with Gasteiger partial charge >= 0.3 is 0 Å². The maximum Gasteiger partial charge on any atom is 0.160 e. The third-order valence-corrected chi connectivity index (χ3v) is 13.7. The first kappa shape index (κ1) is 32.9. The fourth-order valence-corrected chi connectivity index (χ4v) is 10.9. The lowest BCUT2D eigenvalue weighted by Crippen LogP contribution is -2.26. The number of hydrogen-bond acceptors (Lipinski definition) is 4. The van der Waals surface area contributed by atoms with Crippen LogP contribution in [0.2, 0.25) is 0 Å². The molecule has 0 radical (unpaired) electrons. The van der Waals surface area contributed by atoms with Gasteiger partial charge in [0.25, 0.3) is 0 Å². The second-order valence-corrected chi connectivity index (χ2v) is 16.9. The van der Waals surface area contributed by atoms with E-state index in [1.165, 1.54) is 59.2 Å². The quantitative estimate of drug-likeness (QED) is 0.179. The van der Waals surface area contributed by atoms with Crippen molar-refractivity contribution in [1.29, 1.82) is 0 Å². The summed E-state index contributed by atoms with van der Waals surface area (Å²) >= 11 is 1.76. The molecule has 0 bridgehead atoms. The zero-order valence-corrected chi connectivity index (χ0v) is 32.8. The number of rotatable bonds is 4. The van der Waals surface area contributed by atoms with Crippen LogP contribution in [0.4, 0.5) is 0 Å². The first-order valence-corrected chi connectivity index (χ1v) is 21.3. The van der Waals surface area contributed by atoms with Crippen molar-refractivity contribution in [3.05, 3.63) is 174 Å². The van der Waals surface area contributed by atoms with Crippen molar-refractivity contribution in [3.63, 3.8) is 0 Å². The van der Waals surface area contributed by atoms with E-state index in [0.29, 0.717) is 5.82 Å². The van der Waals surface area contributed by atoms with Crippen LogP contribution in [0, 0.1) is 0 Å². The highest BCUT2D eigenvalue weighted by molar-refractivity contribution is 7.26.